The fourth-order valence-electron chi connectivity index (χ4n) is 1.25. The molecule has 98 valence electrons. The minimum atomic E-state index is -0.897. The third-order valence-electron chi connectivity index (χ3n) is 2.45. The molecule has 0 aliphatic heterocycles. The number of benzene rings is 1. The summed E-state index contributed by atoms with van der Waals surface area (Å²) in [5.74, 6) is 0.450. The third kappa shape index (κ3) is 3.38. The molecule has 5 N–H and O–H groups in total. The number of amidine groups is 1. The van der Waals surface area contributed by atoms with Crippen LogP contribution in [0.15, 0.2) is 24.3 Å². The molecule has 6 heteroatoms. The Morgan fingerprint density at radius 1 is 1.39 bits per heavy atom. The molecule has 18 heavy (non-hydrogen) atoms. The zero-order valence-corrected chi connectivity index (χ0v) is 10.7. The van der Waals surface area contributed by atoms with E-state index in [1.807, 2.05) is 0 Å². The molecule has 1 rings (SSSR count). The summed E-state index contributed by atoms with van der Waals surface area (Å²) in [7, 11) is 1.53. The lowest BCUT2D eigenvalue weighted by Crippen LogP contribution is -2.53. The number of carbonyl (C=O) groups is 1. The molecule has 0 bridgehead atoms. The standard InChI is InChI=1S/C12H18N4O2/c1-12(2,10(13)14)16-11(17)15-8-6-4-5-7-9(8)18-3/h4-7H,1-3H3,(H3,13,14)(H2,15,16,17). The van der Waals surface area contributed by atoms with Crippen LogP contribution in [0.5, 0.6) is 5.75 Å². The monoisotopic (exact) mass is 250 g/mol. The number of amides is 2. The SMILES string of the molecule is COc1ccccc1NC(=O)NC(C)(C)C(=N)N. The third-order valence-corrected chi connectivity index (χ3v) is 2.45. The van der Waals surface area contributed by atoms with Crippen LogP contribution >= 0.6 is 0 Å². The van der Waals surface area contributed by atoms with Gasteiger partial charge in [-0.1, -0.05) is 12.1 Å². The topological polar surface area (TPSA) is 100 Å². The van der Waals surface area contributed by atoms with Gasteiger partial charge >= 0.3 is 6.03 Å². The zero-order valence-electron chi connectivity index (χ0n) is 10.7. The molecular formula is C12H18N4O2. The van der Waals surface area contributed by atoms with Gasteiger partial charge in [0.25, 0.3) is 0 Å². The Bertz CT molecular complexity index is 457. The van der Waals surface area contributed by atoms with Gasteiger partial charge in [0.1, 0.15) is 11.6 Å². The average molecular weight is 250 g/mol. The lowest BCUT2D eigenvalue weighted by atomic mass is 10.1. The molecular weight excluding hydrogens is 232 g/mol. The molecule has 0 aromatic heterocycles. The predicted octanol–water partition coefficient (Wildman–Crippen LogP) is 1.53. The van der Waals surface area contributed by atoms with Crippen molar-refractivity contribution in [3.8, 4) is 5.75 Å². The quantitative estimate of drug-likeness (QED) is 0.481. The van der Waals surface area contributed by atoms with Crippen molar-refractivity contribution in [1.82, 2.24) is 5.32 Å². The summed E-state index contributed by atoms with van der Waals surface area (Å²) in [6, 6.07) is 6.61. The van der Waals surface area contributed by atoms with E-state index in [0.717, 1.165) is 0 Å². The summed E-state index contributed by atoms with van der Waals surface area (Å²) < 4.78 is 5.11. The van der Waals surface area contributed by atoms with E-state index in [1.54, 1.807) is 38.1 Å². The second-order valence-electron chi connectivity index (χ2n) is 4.32. The maximum absolute atomic E-state index is 11.8. The van der Waals surface area contributed by atoms with E-state index in [1.165, 1.54) is 7.11 Å². The van der Waals surface area contributed by atoms with Crippen LogP contribution in [0.2, 0.25) is 0 Å². The van der Waals surface area contributed by atoms with Gasteiger partial charge in [-0.2, -0.15) is 0 Å². The Hall–Kier alpha value is -2.24. The van der Waals surface area contributed by atoms with Crippen molar-refractivity contribution in [1.29, 1.82) is 5.41 Å². The van der Waals surface area contributed by atoms with Crippen LogP contribution in [-0.2, 0) is 0 Å². The number of carbonyl (C=O) groups excluding carboxylic acids is 1. The van der Waals surface area contributed by atoms with Crippen molar-refractivity contribution in [3.05, 3.63) is 24.3 Å². The number of anilines is 1. The van der Waals surface area contributed by atoms with E-state index >= 15 is 0 Å². The van der Waals surface area contributed by atoms with Crippen LogP contribution in [0, 0.1) is 5.41 Å². The normalized spacial score (nSPS) is 10.6. The molecule has 1 aromatic carbocycles. The van der Waals surface area contributed by atoms with Crippen LogP contribution in [0.25, 0.3) is 0 Å². The summed E-state index contributed by atoms with van der Waals surface area (Å²) >= 11 is 0. The van der Waals surface area contributed by atoms with Gasteiger partial charge in [0.15, 0.2) is 0 Å². The number of urea groups is 1. The number of rotatable bonds is 4. The minimum absolute atomic E-state index is 0.113. The van der Waals surface area contributed by atoms with Crippen molar-refractivity contribution in [3.63, 3.8) is 0 Å². The Morgan fingerprint density at radius 3 is 2.56 bits per heavy atom. The van der Waals surface area contributed by atoms with Gasteiger partial charge in [-0.15, -0.1) is 0 Å². The summed E-state index contributed by atoms with van der Waals surface area (Å²) in [4.78, 5) is 11.8. The maximum Gasteiger partial charge on any atom is 0.320 e. The summed E-state index contributed by atoms with van der Waals surface area (Å²) in [5.41, 5.74) is 5.04. The largest absolute Gasteiger partial charge is 0.495 e. The molecule has 0 heterocycles. The Balaban J connectivity index is 2.74. The second kappa shape index (κ2) is 5.39. The number of nitrogens with two attached hydrogens (primary N) is 1. The molecule has 0 aliphatic carbocycles. The molecule has 0 unspecified atom stereocenters. The summed E-state index contributed by atoms with van der Waals surface area (Å²) in [6.45, 7) is 3.30. The second-order valence-corrected chi connectivity index (χ2v) is 4.32. The average Bonchev–Trinajstić information content (AvgIpc) is 2.28. The minimum Gasteiger partial charge on any atom is -0.495 e. The number of hydrogen-bond donors (Lipinski definition) is 4. The van der Waals surface area contributed by atoms with E-state index in [2.05, 4.69) is 10.6 Å². The number of hydrogen-bond acceptors (Lipinski definition) is 3. The predicted molar refractivity (Wildman–Crippen MR) is 71.1 cm³/mol. The molecule has 0 spiro atoms. The molecule has 0 saturated carbocycles. The highest BCUT2D eigenvalue weighted by Gasteiger charge is 2.24. The van der Waals surface area contributed by atoms with Crippen molar-refractivity contribution >= 4 is 17.6 Å². The van der Waals surface area contributed by atoms with Gasteiger partial charge in [-0.3, -0.25) is 5.41 Å². The smallest absolute Gasteiger partial charge is 0.320 e. The molecule has 0 radical (unpaired) electrons. The van der Waals surface area contributed by atoms with Gasteiger partial charge in [0.2, 0.25) is 0 Å². The van der Waals surface area contributed by atoms with Crippen LogP contribution in [0.4, 0.5) is 10.5 Å². The zero-order chi connectivity index (χ0) is 13.8. The first-order chi connectivity index (χ1) is 8.36. The lowest BCUT2D eigenvalue weighted by molar-refractivity contribution is 0.247. The highest BCUT2D eigenvalue weighted by atomic mass is 16.5. The molecule has 0 aliphatic rings. The summed E-state index contributed by atoms with van der Waals surface area (Å²) in [5, 5.41) is 12.6. The van der Waals surface area contributed by atoms with Gasteiger partial charge in [-0.05, 0) is 26.0 Å². The van der Waals surface area contributed by atoms with Crippen LogP contribution in [-0.4, -0.2) is 24.5 Å². The van der Waals surface area contributed by atoms with Crippen molar-refractivity contribution in [2.24, 2.45) is 5.73 Å². The molecule has 1 aromatic rings. The molecule has 6 nitrogen and oxygen atoms in total. The van der Waals surface area contributed by atoms with E-state index in [4.69, 9.17) is 15.9 Å². The molecule has 0 fully saturated rings. The Kier molecular flexibility index (Phi) is 4.14. The number of nitrogens with one attached hydrogen (secondary N) is 3. The van der Waals surface area contributed by atoms with Crippen LogP contribution < -0.4 is 21.1 Å². The van der Waals surface area contributed by atoms with Crippen molar-refractivity contribution in [2.45, 2.75) is 19.4 Å². The van der Waals surface area contributed by atoms with Gasteiger partial charge in [-0.25, -0.2) is 4.79 Å². The van der Waals surface area contributed by atoms with E-state index < -0.39 is 11.6 Å². The van der Waals surface area contributed by atoms with Crippen LogP contribution in [0.3, 0.4) is 0 Å². The highest BCUT2D eigenvalue weighted by molar-refractivity contribution is 5.96. The van der Waals surface area contributed by atoms with E-state index in [-0.39, 0.29) is 5.84 Å². The van der Waals surface area contributed by atoms with Gasteiger partial charge < -0.3 is 21.1 Å². The first kappa shape index (κ1) is 13.8. The first-order valence-electron chi connectivity index (χ1n) is 5.43. The maximum atomic E-state index is 11.8. The summed E-state index contributed by atoms with van der Waals surface area (Å²) in [6.07, 6.45) is 0. The number of para-hydroxylation sites is 2. The number of ether oxygens (including phenoxy) is 1. The van der Waals surface area contributed by atoms with E-state index in [9.17, 15) is 4.79 Å². The fraction of sp³-hybridized carbons (Fsp3) is 0.333. The number of methoxy groups -OCH3 is 1. The van der Waals surface area contributed by atoms with Gasteiger partial charge in [0.05, 0.1) is 18.3 Å². The highest BCUT2D eigenvalue weighted by Crippen LogP contribution is 2.22. The van der Waals surface area contributed by atoms with Gasteiger partial charge in [0, 0.05) is 0 Å². The molecule has 0 atom stereocenters. The fourth-order valence-corrected chi connectivity index (χ4v) is 1.25. The van der Waals surface area contributed by atoms with Crippen molar-refractivity contribution < 1.29 is 9.53 Å². The van der Waals surface area contributed by atoms with E-state index in [0.29, 0.717) is 11.4 Å². The molecule has 2 amide bonds. The Morgan fingerprint density at radius 2 is 2.00 bits per heavy atom. The van der Waals surface area contributed by atoms with Crippen LogP contribution in [0.1, 0.15) is 13.8 Å². The van der Waals surface area contributed by atoms with Crippen molar-refractivity contribution in [2.75, 3.05) is 12.4 Å². The Labute approximate surface area is 106 Å². The first-order valence-corrected chi connectivity index (χ1v) is 5.43. The molecule has 0 saturated heterocycles. The lowest BCUT2D eigenvalue weighted by Gasteiger charge is -2.24.